The molecule has 0 radical (unpaired) electrons. The standard InChI is InChI=1S/C19H26FN3O2/c1-13(14-7-8-14)22(2)19(25)21-15-9-11-23(12-10-15)18(24)16-5-3-4-6-17(16)20/h3-6,13-15H,7-12H2,1-2H3,(H,21,25)/t13-/m0/s1. The minimum atomic E-state index is -0.487. The van der Waals surface area contributed by atoms with Crippen molar-refractivity contribution in [2.45, 2.75) is 44.7 Å². The maximum atomic E-state index is 13.8. The van der Waals surface area contributed by atoms with Crippen molar-refractivity contribution in [3.8, 4) is 0 Å². The molecule has 0 aromatic heterocycles. The molecule has 6 heteroatoms. The van der Waals surface area contributed by atoms with E-state index in [1.54, 1.807) is 21.9 Å². The SMILES string of the molecule is C[C@@H](C1CC1)N(C)C(=O)NC1CCN(C(=O)c2ccccc2F)CC1. The number of rotatable bonds is 4. The first-order valence-electron chi connectivity index (χ1n) is 9.04. The van der Waals surface area contributed by atoms with Crippen molar-refractivity contribution < 1.29 is 14.0 Å². The number of hydrogen-bond acceptors (Lipinski definition) is 2. The summed E-state index contributed by atoms with van der Waals surface area (Å²) in [6, 6.07) is 6.34. The highest BCUT2D eigenvalue weighted by Crippen LogP contribution is 2.34. The predicted octanol–water partition coefficient (Wildman–Crippen LogP) is 2.87. The first-order chi connectivity index (χ1) is 12.0. The molecule has 5 nitrogen and oxygen atoms in total. The number of urea groups is 1. The Balaban J connectivity index is 1.49. The van der Waals surface area contributed by atoms with E-state index in [0.29, 0.717) is 31.8 Å². The van der Waals surface area contributed by atoms with Crippen molar-refractivity contribution in [1.29, 1.82) is 0 Å². The zero-order valence-corrected chi connectivity index (χ0v) is 14.9. The summed E-state index contributed by atoms with van der Waals surface area (Å²) in [7, 11) is 1.84. The van der Waals surface area contributed by atoms with Crippen LogP contribution >= 0.6 is 0 Å². The molecule has 1 saturated carbocycles. The van der Waals surface area contributed by atoms with Crippen LogP contribution in [-0.2, 0) is 0 Å². The van der Waals surface area contributed by atoms with Gasteiger partial charge in [0.2, 0.25) is 0 Å². The molecule has 0 unspecified atom stereocenters. The average molecular weight is 347 g/mol. The first-order valence-corrected chi connectivity index (χ1v) is 9.04. The number of carbonyl (C=O) groups excluding carboxylic acids is 2. The molecule has 1 aromatic carbocycles. The van der Waals surface area contributed by atoms with Gasteiger partial charge in [0.05, 0.1) is 5.56 Å². The molecule has 3 rings (SSSR count). The van der Waals surface area contributed by atoms with Crippen LogP contribution in [0.4, 0.5) is 9.18 Å². The van der Waals surface area contributed by atoms with Crippen molar-refractivity contribution in [1.82, 2.24) is 15.1 Å². The van der Waals surface area contributed by atoms with Crippen molar-refractivity contribution in [3.63, 3.8) is 0 Å². The van der Waals surface area contributed by atoms with Gasteiger partial charge in [-0.15, -0.1) is 0 Å². The minimum Gasteiger partial charge on any atom is -0.338 e. The second kappa shape index (κ2) is 7.42. The molecule has 1 N–H and O–H groups in total. The number of carbonyl (C=O) groups is 2. The molecule has 1 aliphatic heterocycles. The molecule has 0 spiro atoms. The third-order valence-electron chi connectivity index (χ3n) is 5.45. The van der Waals surface area contributed by atoms with Gasteiger partial charge in [-0.1, -0.05) is 12.1 Å². The van der Waals surface area contributed by atoms with Crippen LogP contribution in [-0.4, -0.2) is 54.0 Å². The third-order valence-corrected chi connectivity index (χ3v) is 5.45. The van der Waals surface area contributed by atoms with E-state index in [9.17, 15) is 14.0 Å². The van der Waals surface area contributed by atoms with E-state index in [4.69, 9.17) is 0 Å². The van der Waals surface area contributed by atoms with Crippen LogP contribution in [0, 0.1) is 11.7 Å². The van der Waals surface area contributed by atoms with Gasteiger partial charge >= 0.3 is 6.03 Å². The summed E-state index contributed by atoms with van der Waals surface area (Å²) in [5.74, 6) is -0.128. The molecular formula is C19H26FN3O2. The van der Waals surface area contributed by atoms with E-state index >= 15 is 0 Å². The van der Waals surface area contributed by atoms with Gasteiger partial charge in [-0.25, -0.2) is 9.18 Å². The fraction of sp³-hybridized carbons (Fsp3) is 0.579. The Hall–Kier alpha value is -2.11. The van der Waals surface area contributed by atoms with Crippen molar-refractivity contribution in [2.24, 2.45) is 5.92 Å². The van der Waals surface area contributed by atoms with Crippen molar-refractivity contribution >= 4 is 11.9 Å². The van der Waals surface area contributed by atoms with Crippen LogP contribution in [0.1, 0.15) is 43.0 Å². The first kappa shape index (κ1) is 17.7. The topological polar surface area (TPSA) is 52.7 Å². The van der Waals surface area contributed by atoms with Crippen LogP contribution in [0.25, 0.3) is 0 Å². The van der Waals surface area contributed by atoms with E-state index < -0.39 is 5.82 Å². The lowest BCUT2D eigenvalue weighted by Gasteiger charge is -2.34. The van der Waals surface area contributed by atoms with Crippen molar-refractivity contribution in [2.75, 3.05) is 20.1 Å². The second-order valence-electron chi connectivity index (χ2n) is 7.18. The summed E-state index contributed by atoms with van der Waals surface area (Å²) < 4.78 is 13.8. The van der Waals surface area contributed by atoms with Crippen molar-refractivity contribution in [3.05, 3.63) is 35.6 Å². The Bertz CT molecular complexity index is 639. The number of nitrogens with one attached hydrogen (secondary N) is 1. The molecule has 136 valence electrons. The Morgan fingerprint density at radius 1 is 1.20 bits per heavy atom. The maximum absolute atomic E-state index is 13.8. The van der Waals surface area contributed by atoms with Gasteiger partial charge in [-0.05, 0) is 50.7 Å². The molecule has 2 aliphatic rings. The number of likely N-dealkylation sites (tertiary alicyclic amines) is 1. The Kier molecular flexibility index (Phi) is 5.25. The van der Waals surface area contributed by atoms with Crippen LogP contribution in [0.15, 0.2) is 24.3 Å². The molecule has 1 heterocycles. The quantitative estimate of drug-likeness (QED) is 0.910. The van der Waals surface area contributed by atoms with Gasteiger partial charge in [0.15, 0.2) is 0 Å². The average Bonchev–Trinajstić information content (AvgIpc) is 3.46. The van der Waals surface area contributed by atoms with Gasteiger partial charge in [0.25, 0.3) is 5.91 Å². The van der Waals surface area contributed by atoms with E-state index in [2.05, 4.69) is 12.2 Å². The summed E-state index contributed by atoms with van der Waals surface area (Å²) in [4.78, 5) is 28.2. The highest BCUT2D eigenvalue weighted by atomic mass is 19.1. The smallest absolute Gasteiger partial charge is 0.317 e. The number of benzene rings is 1. The summed E-state index contributed by atoms with van der Waals surface area (Å²) in [6.07, 6.45) is 3.79. The molecule has 1 atom stereocenters. The fourth-order valence-electron chi connectivity index (χ4n) is 3.39. The lowest BCUT2D eigenvalue weighted by molar-refractivity contribution is 0.0701. The van der Waals surface area contributed by atoms with E-state index in [-0.39, 0.29) is 29.6 Å². The molecule has 25 heavy (non-hydrogen) atoms. The minimum absolute atomic E-state index is 0.0433. The van der Waals surface area contributed by atoms with Crippen LogP contribution in [0.5, 0.6) is 0 Å². The zero-order valence-electron chi connectivity index (χ0n) is 14.9. The van der Waals surface area contributed by atoms with Crippen LogP contribution in [0.2, 0.25) is 0 Å². The number of piperidine rings is 1. The zero-order chi connectivity index (χ0) is 18.0. The van der Waals surface area contributed by atoms with Gasteiger partial charge in [-0.3, -0.25) is 4.79 Å². The summed E-state index contributed by atoms with van der Waals surface area (Å²) >= 11 is 0. The molecule has 2 fully saturated rings. The highest BCUT2D eigenvalue weighted by molar-refractivity contribution is 5.94. The maximum Gasteiger partial charge on any atom is 0.317 e. The summed E-state index contributed by atoms with van der Waals surface area (Å²) in [5.41, 5.74) is 0.114. The molecular weight excluding hydrogens is 321 g/mol. The lowest BCUT2D eigenvalue weighted by Crippen LogP contribution is -2.51. The van der Waals surface area contributed by atoms with Gasteiger partial charge in [-0.2, -0.15) is 0 Å². The Morgan fingerprint density at radius 3 is 2.44 bits per heavy atom. The predicted molar refractivity (Wildman–Crippen MR) is 93.8 cm³/mol. The Labute approximate surface area is 148 Å². The van der Waals surface area contributed by atoms with E-state index in [1.165, 1.54) is 25.0 Å². The van der Waals surface area contributed by atoms with Gasteiger partial charge in [0.1, 0.15) is 5.82 Å². The number of halogens is 1. The lowest BCUT2D eigenvalue weighted by atomic mass is 10.0. The molecule has 1 aromatic rings. The number of nitrogens with zero attached hydrogens (tertiary/aromatic N) is 2. The summed E-state index contributed by atoms with van der Waals surface area (Å²) in [5, 5.41) is 3.07. The third kappa shape index (κ3) is 4.11. The van der Waals surface area contributed by atoms with Gasteiger partial charge < -0.3 is 15.1 Å². The molecule has 3 amide bonds. The summed E-state index contributed by atoms with van der Waals surface area (Å²) in [6.45, 7) is 3.15. The second-order valence-corrected chi connectivity index (χ2v) is 7.18. The number of amides is 3. The normalized spacial score (nSPS) is 19.4. The fourth-order valence-corrected chi connectivity index (χ4v) is 3.39. The van der Waals surface area contributed by atoms with E-state index in [1.807, 2.05) is 7.05 Å². The Morgan fingerprint density at radius 2 is 1.84 bits per heavy atom. The monoisotopic (exact) mass is 347 g/mol. The highest BCUT2D eigenvalue weighted by Gasteiger charge is 2.33. The molecule has 1 saturated heterocycles. The van der Waals surface area contributed by atoms with Crippen LogP contribution < -0.4 is 5.32 Å². The van der Waals surface area contributed by atoms with E-state index in [0.717, 1.165) is 0 Å². The van der Waals surface area contributed by atoms with Gasteiger partial charge in [0, 0.05) is 32.2 Å². The largest absolute Gasteiger partial charge is 0.338 e. The molecule has 0 bridgehead atoms. The number of hydrogen-bond donors (Lipinski definition) is 1. The molecule has 1 aliphatic carbocycles. The van der Waals surface area contributed by atoms with Crippen LogP contribution in [0.3, 0.4) is 0 Å².